The van der Waals surface area contributed by atoms with E-state index in [9.17, 15) is 43.5 Å². The molecule has 0 aromatic rings. The minimum atomic E-state index is -4.96. The number of esters is 3. The van der Waals surface area contributed by atoms with Crippen LogP contribution in [0.25, 0.3) is 0 Å². The summed E-state index contributed by atoms with van der Waals surface area (Å²) in [6.07, 6.45) is 106. The minimum Gasteiger partial charge on any atom is -0.463 e. The Labute approximate surface area is 662 Å². The first-order chi connectivity index (χ1) is 53.2. The normalized spacial score (nSPS) is 14.7. The molecule has 0 amide bonds. The number of phosphoric acid groups is 2. The highest BCUT2D eigenvalue weighted by molar-refractivity contribution is 7.47. The summed E-state index contributed by atoms with van der Waals surface area (Å²) in [5, 5.41) is 20.7. The molecule has 0 fully saturated rings. The van der Waals surface area contributed by atoms with Crippen LogP contribution in [0.5, 0.6) is 0 Å². The van der Waals surface area contributed by atoms with Gasteiger partial charge < -0.3 is 34.2 Å². The third kappa shape index (κ3) is 83.7. The molecule has 18 heteroatoms. The van der Waals surface area contributed by atoms with Gasteiger partial charge >= 0.3 is 33.6 Å². The van der Waals surface area contributed by atoms with Crippen molar-refractivity contribution in [2.45, 2.75) is 347 Å². The third-order valence-electron chi connectivity index (χ3n) is 17.4. The van der Waals surface area contributed by atoms with Gasteiger partial charge in [0.25, 0.3) is 0 Å². The number of ether oxygens (including phenoxy) is 3. The van der Waals surface area contributed by atoms with Crippen molar-refractivity contribution >= 4 is 33.6 Å². The van der Waals surface area contributed by atoms with E-state index in [1.807, 2.05) is 12.2 Å². The lowest BCUT2D eigenvalue weighted by molar-refractivity contribution is -0.161. The Morgan fingerprint density at radius 2 is 0.495 bits per heavy atom. The van der Waals surface area contributed by atoms with E-state index in [1.165, 1.54) is 128 Å². The molecule has 0 spiro atoms. The molecule has 622 valence electrons. The highest BCUT2D eigenvalue weighted by atomic mass is 31.2. The number of aliphatic hydroxyl groups excluding tert-OH is 2. The van der Waals surface area contributed by atoms with E-state index < -0.39 is 91.5 Å². The molecular weight excluding hydrogens is 1410 g/mol. The molecule has 0 aromatic carbocycles. The van der Waals surface area contributed by atoms with E-state index in [0.29, 0.717) is 25.7 Å². The number of unbranched alkanes of at least 4 members (excludes halogenated alkanes) is 28. The lowest BCUT2D eigenvalue weighted by Crippen LogP contribution is -2.30. The Balaban J connectivity index is 4.57. The Bertz CT molecular complexity index is 2660. The van der Waals surface area contributed by atoms with Crippen LogP contribution in [0, 0.1) is 0 Å². The minimum absolute atomic E-state index is 0.0195. The fourth-order valence-corrected chi connectivity index (χ4v) is 12.6. The summed E-state index contributed by atoms with van der Waals surface area (Å²) < 4.78 is 61.2. The van der Waals surface area contributed by atoms with Gasteiger partial charge in [-0.3, -0.25) is 32.5 Å². The van der Waals surface area contributed by atoms with Crippen molar-refractivity contribution < 1.29 is 75.8 Å². The average Bonchev–Trinajstić information content (AvgIpc) is 0.906. The maximum atomic E-state index is 13.0. The van der Waals surface area contributed by atoms with Crippen molar-refractivity contribution in [3.8, 4) is 0 Å². The number of allylic oxidation sites excluding steroid dienone is 28. The Hall–Kier alpha value is -5.09. The highest BCUT2D eigenvalue weighted by Gasteiger charge is 2.29. The van der Waals surface area contributed by atoms with E-state index >= 15 is 0 Å². The molecule has 109 heavy (non-hydrogen) atoms. The van der Waals surface area contributed by atoms with E-state index in [4.69, 9.17) is 32.3 Å². The van der Waals surface area contributed by atoms with Crippen LogP contribution in [0.4, 0.5) is 0 Å². The van der Waals surface area contributed by atoms with Crippen molar-refractivity contribution in [2.24, 2.45) is 0 Å². The maximum absolute atomic E-state index is 13.0. The zero-order valence-electron chi connectivity index (χ0n) is 68.2. The maximum Gasteiger partial charge on any atom is 0.472 e. The zero-order chi connectivity index (χ0) is 79.4. The predicted octanol–water partition coefficient (Wildman–Crippen LogP) is 25.5. The number of carbonyl (C=O) groups excluding carboxylic acids is 3. The van der Waals surface area contributed by atoms with Crippen molar-refractivity contribution in [1.82, 2.24) is 0 Å². The van der Waals surface area contributed by atoms with Crippen LogP contribution in [-0.2, 0) is 55.8 Å². The summed E-state index contributed by atoms with van der Waals surface area (Å²) in [5.74, 6) is -1.65. The van der Waals surface area contributed by atoms with Gasteiger partial charge in [-0.15, -0.1) is 0 Å². The SMILES string of the molecule is CC/C=C\C/C=C\C/C=C\C/C=C\C/C=C\CCCCCCCCCCCC(=O)OCC(COP(=O)(O)OCC(O)COP(=O)(O)OCC(O)COC(=O)CCCCCCCCCCCCCCCCC/C=C\C/C=C\C/C=C\C/C=C\CCCCC)OC(=O)CCC/C=C\C/C=C\C/C=C\C/C=C\C/C=C\CC. The summed E-state index contributed by atoms with van der Waals surface area (Å²) in [6.45, 7) is 2.36. The van der Waals surface area contributed by atoms with E-state index in [1.54, 1.807) is 0 Å². The number of hydrogen-bond donors (Lipinski definition) is 4. The second kappa shape index (κ2) is 82.4. The molecule has 0 radical (unpaired) electrons. The molecule has 0 aliphatic carbocycles. The van der Waals surface area contributed by atoms with Crippen LogP contribution >= 0.6 is 15.6 Å². The van der Waals surface area contributed by atoms with Crippen LogP contribution in [0.2, 0.25) is 0 Å². The zero-order valence-corrected chi connectivity index (χ0v) is 70.0. The van der Waals surface area contributed by atoms with Crippen LogP contribution in [0.1, 0.15) is 329 Å². The molecule has 16 nitrogen and oxygen atoms in total. The van der Waals surface area contributed by atoms with Crippen molar-refractivity contribution in [3.63, 3.8) is 0 Å². The lowest BCUT2D eigenvalue weighted by atomic mass is 10.0. The Morgan fingerprint density at radius 3 is 0.798 bits per heavy atom. The summed E-state index contributed by atoms with van der Waals surface area (Å²) >= 11 is 0. The molecule has 0 aliphatic heterocycles. The summed E-state index contributed by atoms with van der Waals surface area (Å²) in [6, 6.07) is 0. The molecule has 0 aliphatic rings. The molecule has 5 atom stereocenters. The number of rotatable bonds is 79. The molecule has 0 aromatic heterocycles. The summed E-state index contributed by atoms with van der Waals surface area (Å²) in [7, 11) is -9.83. The van der Waals surface area contributed by atoms with E-state index in [2.05, 4.69) is 179 Å². The monoisotopic (exact) mass is 1560 g/mol. The molecule has 0 saturated heterocycles. The van der Waals surface area contributed by atoms with Gasteiger partial charge in [0, 0.05) is 19.3 Å². The first-order valence-corrected chi connectivity index (χ1v) is 45.4. The standard InChI is InChI=1S/C91H152O16P2/c1-4-7-10-13-16-19-22-25-28-31-33-35-37-39-40-41-42-43-44-46-48-49-51-54-56-59-62-65-68-71-74-77-89(94)101-80-86(92)81-103-108(97,98)104-82-87(93)83-105-109(99,100)106-85-88(107-91(96)79-76-73-70-67-64-61-58-53-30-27-24-21-18-15-12-9-6-3)84-102-90(95)78-75-72-69-66-63-60-57-55-52-50-47-45-38-36-34-32-29-26-23-20-17-14-11-8-5-2/h8-9,11-12,16-21,25-30,33-36,39-40,45,47,58,61,67,70,86-88,92-93H,4-7,10,13-15,22-24,31-32,37-38,41-44,46,48-57,59-60,62-66,68-69,71-85H2,1-3H3,(H,97,98)(H,99,100)/b11-8-,12-9-,19-16-,20-17-,21-18-,28-25-,29-26-,30-27-,35-33-,36-34-,40-39-,47-45-,61-58-,70-67-. The second-order valence-corrected chi connectivity index (χ2v) is 30.8. The van der Waals surface area contributed by atoms with Gasteiger partial charge in [-0.25, -0.2) is 9.13 Å². The average molecular weight is 1560 g/mol. The largest absolute Gasteiger partial charge is 0.472 e. The fraction of sp³-hybridized carbons (Fsp3) is 0.659. The summed E-state index contributed by atoms with van der Waals surface area (Å²) in [4.78, 5) is 58.8. The number of carbonyl (C=O) groups is 3. The van der Waals surface area contributed by atoms with Gasteiger partial charge in [0.05, 0.1) is 26.4 Å². The first-order valence-electron chi connectivity index (χ1n) is 42.4. The number of hydrogen-bond acceptors (Lipinski definition) is 14. The van der Waals surface area contributed by atoms with Gasteiger partial charge in [0.15, 0.2) is 6.10 Å². The molecular formula is C91H152O16P2. The van der Waals surface area contributed by atoms with Gasteiger partial charge in [-0.05, 0) is 148 Å². The molecule has 4 N–H and O–H groups in total. The summed E-state index contributed by atoms with van der Waals surface area (Å²) in [5.41, 5.74) is 0. The second-order valence-electron chi connectivity index (χ2n) is 27.9. The number of phosphoric ester groups is 2. The van der Waals surface area contributed by atoms with Crippen LogP contribution in [0.3, 0.4) is 0 Å². The lowest BCUT2D eigenvalue weighted by Gasteiger charge is -2.21. The highest BCUT2D eigenvalue weighted by Crippen LogP contribution is 2.45. The van der Waals surface area contributed by atoms with Crippen molar-refractivity contribution in [3.05, 3.63) is 170 Å². The Kier molecular flexibility index (Phi) is 78.5. The van der Waals surface area contributed by atoms with E-state index in [-0.39, 0.29) is 19.3 Å². The molecule has 0 heterocycles. The van der Waals surface area contributed by atoms with Gasteiger partial charge in [-0.1, -0.05) is 332 Å². The van der Waals surface area contributed by atoms with Crippen LogP contribution in [-0.4, -0.2) is 95.9 Å². The topological polar surface area (TPSA) is 231 Å². The van der Waals surface area contributed by atoms with Crippen molar-refractivity contribution in [2.75, 3.05) is 39.6 Å². The molecule has 0 rings (SSSR count). The van der Waals surface area contributed by atoms with Crippen LogP contribution < -0.4 is 0 Å². The van der Waals surface area contributed by atoms with Gasteiger partial charge in [0.2, 0.25) is 0 Å². The fourth-order valence-electron chi connectivity index (χ4n) is 11.0. The molecule has 5 unspecified atom stereocenters. The smallest absolute Gasteiger partial charge is 0.463 e. The first kappa shape index (κ1) is 104. The van der Waals surface area contributed by atoms with Gasteiger partial charge in [-0.2, -0.15) is 0 Å². The molecule has 0 bridgehead atoms. The number of aliphatic hydroxyl groups is 2. The van der Waals surface area contributed by atoms with E-state index in [0.717, 1.165) is 135 Å². The molecule has 0 saturated carbocycles. The Morgan fingerprint density at radius 1 is 0.266 bits per heavy atom. The van der Waals surface area contributed by atoms with Gasteiger partial charge in [0.1, 0.15) is 25.4 Å². The van der Waals surface area contributed by atoms with Crippen LogP contribution in [0.15, 0.2) is 170 Å². The van der Waals surface area contributed by atoms with Crippen molar-refractivity contribution in [1.29, 1.82) is 0 Å². The quantitative estimate of drug-likeness (QED) is 0.0146. The third-order valence-corrected chi connectivity index (χ3v) is 19.3. The predicted molar refractivity (Wildman–Crippen MR) is 454 cm³/mol.